The lowest BCUT2D eigenvalue weighted by molar-refractivity contribution is 0.990. The average Bonchev–Trinajstić information content (AvgIpc) is 2.37. The number of thioether (sulfide) groups is 1. The van der Waals surface area contributed by atoms with Gasteiger partial charge in [-0.05, 0) is 35.0 Å². The second-order valence-electron chi connectivity index (χ2n) is 3.67. The predicted octanol–water partition coefficient (Wildman–Crippen LogP) is 3.13. The standard InChI is InChI=1S/C12H13BrN4S/c1-8-6-11(17-14)16-12(15-8)7-18-10-5-3-2-4-9(10)13/h2-6H,7,14H2,1H3,(H,15,16,17). The number of hydrogen-bond acceptors (Lipinski definition) is 5. The van der Waals surface area contributed by atoms with Crippen molar-refractivity contribution < 1.29 is 0 Å². The monoisotopic (exact) mass is 324 g/mol. The van der Waals surface area contributed by atoms with Gasteiger partial charge in [0.2, 0.25) is 0 Å². The lowest BCUT2D eigenvalue weighted by Gasteiger charge is -2.06. The van der Waals surface area contributed by atoms with Crippen molar-refractivity contribution >= 4 is 33.5 Å². The van der Waals surface area contributed by atoms with E-state index in [9.17, 15) is 0 Å². The van der Waals surface area contributed by atoms with Crippen molar-refractivity contribution in [3.8, 4) is 0 Å². The number of aromatic nitrogens is 2. The summed E-state index contributed by atoms with van der Waals surface area (Å²) in [5.74, 6) is 7.48. The fraction of sp³-hybridized carbons (Fsp3) is 0.167. The molecule has 0 unspecified atom stereocenters. The van der Waals surface area contributed by atoms with Gasteiger partial charge in [-0.15, -0.1) is 11.8 Å². The molecule has 1 heterocycles. The molecule has 0 atom stereocenters. The molecule has 3 N–H and O–H groups in total. The van der Waals surface area contributed by atoms with Crippen molar-refractivity contribution in [2.24, 2.45) is 5.84 Å². The summed E-state index contributed by atoms with van der Waals surface area (Å²) in [6.07, 6.45) is 0. The summed E-state index contributed by atoms with van der Waals surface area (Å²) in [6.45, 7) is 1.93. The van der Waals surface area contributed by atoms with Crippen LogP contribution in [0.25, 0.3) is 0 Å². The van der Waals surface area contributed by atoms with Gasteiger partial charge in [0, 0.05) is 21.1 Å². The number of aryl methyl sites for hydroxylation is 1. The number of hydrazine groups is 1. The summed E-state index contributed by atoms with van der Waals surface area (Å²) >= 11 is 5.21. The van der Waals surface area contributed by atoms with Crippen molar-refractivity contribution in [3.63, 3.8) is 0 Å². The Bertz CT molecular complexity index is 547. The normalized spacial score (nSPS) is 10.4. The van der Waals surface area contributed by atoms with Gasteiger partial charge >= 0.3 is 0 Å². The number of hydrogen-bond donors (Lipinski definition) is 2. The predicted molar refractivity (Wildman–Crippen MR) is 78.3 cm³/mol. The summed E-state index contributed by atoms with van der Waals surface area (Å²) in [7, 11) is 0. The van der Waals surface area contributed by atoms with Gasteiger partial charge in [0.1, 0.15) is 11.6 Å². The molecule has 4 nitrogen and oxygen atoms in total. The zero-order valence-corrected chi connectivity index (χ0v) is 12.3. The Kier molecular flexibility index (Phi) is 4.57. The molecule has 94 valence electrons. The maximum absolute atomic E-state index is 5.36. The summed E-state index contributed by atoms with van der Waals surface area (Å²) < 4.78 is 1.08. The van der Waals surface area contributed by atoms with E-state index in [0.29, 0.717) is 11.6 Å². The number of anilines is 1. The Morgan fingerprint density at radius 3 is 2.83 bits per heavy atom. The van der Waals surface area contributed by atoms with Crippen molar-refractivity contribution in [1.82, 2.24) is 9.97 Å². The van der Waals surface area contributed by atoms with Crippen LogP contribution in [0.1, 0.15) is 11.5 Å². The third-order valence-corrected chi connectivity index (χ3v) is 4.27. The van der Waals surface area contributed by atoms with Crippen LogP contribution in [-0.2, 0) is 5.75 Å². The van der Waals surface area contributed by atoms with Crippen LogP contribution < -0.4 is 11.3 Å². The van der Waals surface area contributed by atoms with Gasteiger partial charge < -0.3 is 5.43 Å². The second kappa shape index (κ2) is 6.17. The first-order chi connectivity index (χ1) is 8.69. The Balaban J connectivity index is 2.11. The number of nitrogen functional groups attached to an aromatic ring is 1. The largest absolute Gasteiger partial charge is 0.308 e. The van der Waals surface area contributed by atoms with E-state index >= 15 is 0 Å². The van der Waals surface area contributed by atoms with E-state index in [1.165, 1.54) is 4.90 Å². The highest BCUT2D eigenvalue weighted by Gasteiger charge is 2.04. The molecule has 0 saturated heterocycles. The molecule has 0 aliphatic heterocycles. The van der Waals surface area contributed by atoms with Crippen LogP contribution in [0.2, 0.25) is 0 Å². The smallest absolute Gasteiger partial charge is 0.143 e. The van der Waals surface area contributed by atoms with Gasteiger partial charge in [-0.3, -0.25) is 0 Å². The summed E-state index contributed by atoms with van der Waals surface area (Å²) in [5, 5.41) is 0. The van der Waals surface area contributed by atoms with E-state index in [1.54, 1.807) is 11.8 Å². The zero-order valence-electron chi connectivity index (χ0n) is 9.85. The molecule has 0 radical (unpaired) electrons. The van der Waals surface area contributed by atoms with E-state index in [4.69, 9.17) is 5.84 Å². The highest BCUT2D eigenvalue weighted by atomic mass is 79.9. The number of nitrogens with one attached hydrogen (secondary N) is 1. The zero-order chi connectivity index (χ0) is 13.0. The first-order valence-corrected chi connectivity index (χ1v) is 7.15. The van der Waals surface area contributed by atoms with E-state index in [1.807, 2.05) is 31.2 Å². The molecule has 1 aromatic heterocycles. The third kappa shape index (κ3) is 3.44. The number of rotatable bonds is 4. The molecule has 6 heteroatoms. The summed E-state index contributed by atoms with van der Waals surface area (Å²) in [4.78, 5) is 9.87. The molecule has 2 rings (SSSR count). The maximum atomic E-state index is 5.36. The van der Waals surface area contributed by atoms with E-state index < -0.39 is 0 Å². The minimum absolute atomic E-state index is 0.644. The molecule has 0 amide bonds. The van der Waals surface area contributed by atoms with E-state index in [0.717, 1.165) is 16.0 Å². The molecule has 2 aromatic rings. The Morgan fingerprint density at radius 1 is 1.33 bits per heavy atom. The van der Waals surface area contributed by atoms with Crippen LogP contribution in [0.3, 0.4) is 0 Å². The molecular weight excluding hydrogens is 312 g/mol. The number of benzene rings is 1. The van der Waals surface area contributed by atoms with Crippen molar-refractivity contribution in [2.45, 2.75) is 17.6 Å². The quantitative estimate of drug-likeness (QED) is 0.514. The van der Waals surface area contributed by atoms with Crippen LogP contribution in [0.4, 0.5) is 5.82 Å². The number of halogens is 1. The molecular formula is C12H13BrN4S. The van der Waals surface area contributed by atoms with Gasteiger partial charge in [0.25, 0.3) is 0 Å². The van der Waals surface area contributed by atoms with Gasteiger partial charge in [-0.2, -0.15) is 0 Å². The van der Waals surface area contributed by atoms with Crippen LogP contribution in [-0.4, -0.2) is 9.97 Å². The Labute approximate surface area is 119 Å². The fourth-order valence-electron chi connectivity index (χ4n) is 1.47. The second-order valence-corrected chi connectivity index (χ2v) is 5.55. The van der Waals surface area contributed by atoms with E-state index in [2.05, 4.69) is 37.4 Å². The summed E-state index contributed by atoms with van der Waals surface area (Å²) in [5.41, 5.74) is 3.45. The van der Waals surface area contributed by atoms with Crippen molar-refractivity contribution in [2.75, 3.05) is 5.43 Å². The molecule has 18 heavy (non-hydrogen) atoms. The maximum Gasteiger partial charge on any atom is 0.143 e. The van der Waals surface area contributed by atoms with Gasteiger partial charge in [-0.1, -0.05) is 12.1 Å². The highest BCUT2D eigenvalue weighted by molar-refractivity contribution is 9.10. The first-order valence-electron chi connectivity index (χ1n) is 5.37. The molecule has 0 spiro atoms. The van der Waals surface area contributed by atoms with Crippen LogP contribution >= 0.6 is 27.7 Å². The SMILES string of the molecule is Cc1cc(NN)nc(CSc2ccccc2Br)n1. The van der Waals surface area contributed by atoms with Crippen LogP contribution in [0.15, 0.2) is 39.7 Å². The molecule has 0 bridgehead atoms. The van der Waals surface area contributed by atoms with Gasteiger partial charge in [0.15, 0.2) is 0 Å². The van der Waals surface area contributed by atoms with Crippen molar-refractivity contribution in [1.29, 1.82) is 0 Å². The molecule has 0 aliphatic rings. The first kappa shape index (κ1) is 13.3. The highest BCUT2D eigenvalue weighted by Crippen LogP contribution is 2.29. The number of nitrogens with zero attached hydrogens (tertiary/aromatic N) is 2. The van der Waals surface area contributed by atoms with E-state index in [-0.39, 0.29) is 0 Å². The molecule has 0 fully saturated rings. The third-order valence-electron chi connectivity index (χ3n) is 2.24. The number of nitrogens with two attached hydrogens (primary N) is 1. The fourth-order valence-corrected chi connectivity index (χ4v) is 2.90. The average molecular weight is 325 g/mol. The van der Waals surface area contributed by atoms with Gasteiger partial charge in [-0.25, -0.2) is 15.8 Å². The molecule has 0 saturated carbocycles. The Hall–Kier alpha value is -1.11. The summed E-state index contributed by atoms with van der Waals surface area (Å²) in [6, 6.07) is 9.90. The minimum atomic E-state index is 0.644. The lowest BCUT2D eigenvalue weighted by atomic mass is 10.4. The topological polar surface area (TPSA) is 63.8 Å². The van der Waals surface area contributed by atoms with Crippen molar-refractivity contribution in [3.05, 3.63) is 46.3 Å². The van der Waals surface area contributed by atoms with Gasteiger partial charge in [0.05, 0.1) is 5.75 Å². The molecule has 0 aliphatic carbocycles. The van der Waals surface area contributed by atoms with Crippen LogP contribution in [0, 0.1) is 6.92 Å². The lowest BCUT2D eigenvalue weighted by Crippen LogP contribution is -2.10. The van der Waals surface area contributed by atoms with Crippen LogP contribution in [0.5, 0.6) is 0 Å². The Morgan fingerprint density at radius 2 is 2.11 bits per heavy atom. The minimum Gasteiger partial charge on any atom is -0.308 e. The molecule has 1 aromatic carbocycles.